The molecule has 0 aliphatic carbocycles. The number of hydrogen-bond acceptors (Lipinski definition) is 4. The third kappa shape index (κ3) is 2.42. The number of ether oxygens (including phenoxy) is 1. The number of rotatable bonds is 3. The zero-order valence-corrected chi connectivity index (χ0v) is 10.5. The van der Waals surface area contributed by atoms with Gasteiger partial charge in [0.25, 0.3) is 0 Å². The fourth-order valence-electron chi connectivity index (χ4n) is 1.67. The van der Waals surface area contributed by atoms with E-state index in [0.717, 1.165) is 10.9 Å². The van der Waals surface area contributed by atoms with Crippen LogP contribution in [0.5, 0.6) is 5.75 Å². The van der Waals surface area contributed by atoms with Crippen LogP contribution in [0, 0.1) is 6.92 Å². The average Bonchev–Trinajstić information content (AvgIpc) is 2.27. The zero-order chi connectivity index (χ0) is 13.3. The Hall–Kier alpha value is -2.10. The van der Waals surface area contributed by atoms with Gasteiger partial charge >= 0.3 is 5.63 Å². The van der Waals surface area contributed by atoms with Crippen LogP contribution in [0.1, 0.15) is 19.4 Å². The van der Waals surface area contributed by atoms with E-state index in [1.807, 2.05) is 13.0 Å². The highest BCUT2D eigenvalue weighted by Gasteiger charge is 2.10. The number of benzene rings is 1. The molecule has 1 aromatic carbocycles. The Morgan fingerprint density at radius 2 is 2.06 bits per heavy atom. The Morgan fingerprint density at radius 3 is 2.72 bits per heavy atom. The molecule has 0 amide bonds. The standard InChI is InChI=1S/C14H14O4/c1-8-6-14(16)18-13-7-11(4-5-12(8)13)17-10(3)9(2)15/h4-7,10H,1-3H3. The third-order valence-electron chi connectivity index (χ3n) is 2.81. The molecule has 0 saturated heterocycles. The van der Waals surface area contributed by atoms with Crippen molar-refractivity contribution in [3.63, 3.8) is 0 Å². The monoisotopic (exact) mass is 246 g/mol. The predicted octanol–water partition coefficient (Wildman–Crippen LogP) is 2.46. The second-order valence-electron chi connectivity index (χ2n) is 4.28. The quantitative estimate of drug-likeness (QED) is 0.780. The van der Waals surface area contributed by atoms with Crippen molar-refractivity contribution in [1.29, 1.82) is 0 Å². The minimum Gasteiger partial charge on any atom is -0.483 e. The highest BCUT2D eigenvalue weighted by atomic mass is 16.5. The molecular formula is C14H14O4. The molecule has 0 aliphatic rings. The van der Waals surface area contributed by atoms with Crippen molar-refractivity contribution in [2.45, 2.75) is 26.9 Å². The van der Waals surface area contributed by atoms with E-state index >= 15 is 0 Å². The second-order valence-corrected chi connectivity index (χ2v) is 4.28. The van der Waals surface area contributed by atoms with Crippen molar-refractivity contribution in [2.24, 2.45) is 0 Å². The Balaban J connectivity index is 2.44. The van der Waals surface area contributed by atoms with Gasteiger partial charge in [-0.3, -0.25) is 4.79 Å². The number of fused-ring (bicyclic) bond motifs is 1. The Kier molecular flexibility index (Phi) is 3.19. The molecule has 2 rings (SSSR count). The summed E-state index contributed by atoms with van der Waals surface area (Å²) < 4.78 is 10.6. The van der Waals surface area contributed by atoms with Crippen molar-refractivity contribution in [1.82, 2.24) is 0 Å². The number of carbonyl (C=O) groups excluding carboxylic acids is 1. The summed E-state index contributed by atoms with van der Waals surface area (Å²) in [5.41, 5.74) is 0.928. The highest BCUT2D eigenvalue weighted by molar-refractivity contribution is 5.82. The minimum absolute atomic E-state index is 0.0548. The molecule has 0 fully saturated rings. The van der Waals surface area contributed by atoms with Crippen molar-refractivity contribution in [2.75, 3.05) is 0 Å². The van der Waals surface area contributed by atoms with Crippen LogP contribution in [0.3, 0.4) is 0 Å². The van der Waals surface area contributed by atoms with E-state index in [2.05, 4.69) is 0 Å². The summed E-state index contributed by atoms with van der Waals surface area (Å²) in [6.45, 7) is 4.99. The van der Waals surface area contributed by atoms with Gasteiger partial charge in [-0.25, -0.2) is 4.79 Å². The first kappa shape index (κ1) is 12.4. The van der Waals surface area contributed by atoms with Gasteiger partial charge in [0.2, 0.25) is 0 Å². The van der Waals surface area contributed by atoms with Crippen molar-refractivity contribution in [3.8, 4) is 5.75 Å². The summed E-state index contributed by atoms with van der Waals surface area (Å²) >= 11 is 0. The average molecular weight is 246 g/mol. The fraction of sp³-hybridized carbons (Fsp3) is 0.286. The van der Waals surface area contributed by atoms with Gasteiger partial charge in [0.15, 0.2) is 11.9 Å². The van der Waals surface area contributed by atoms with Gasteiger partial charge in [-0.05, 0) is 38.5 Å². The van der Waals surface area contributed by atoms with Crippen molar-refractivity contribution < 1.29 is 13.9 Å². The summed E-state index contributed by atoms with van der Waals surface area (Å²) in [6, 6.07) is 6.65. The molecule has 0 bridgehead atoms. The number of carbonyl (C=O) groups is 1. The second kappa shape index (κ2) is 4.64. The van der Waals surface area contributed by atoms with Gasteiger partial charge in [0, 0.05) is 17.5 Å². The van der Waals surface area contributed by atoms with Crippen LogP contribution >= 0.6 is 0 Å². The Bertz CT molecular complexity index is 654. The molecule has 4 nitrogen and oxygen atoms in total. The van der Waals surface area contributed by atoms with Gasteiger partial charge < -0.3 is 9.15 Å². The lowest BCUT2D eigenvalue weighted by Crippen LogP contribution is -2.20. The van der Waals surface area contributed by atoms with Gasteiger partial charge in [0.05, 0.1) is 0 Å². The lowest BCUT2D eigenvalue weighted by Gasteiger charge is -2.11. The maximum atomic E-state index is 11.3. The first-order chi connectivity index (χ1) is 8.47. The number of Topliss-reactive ketones (excluding diaryl/α,β-unsaturated/α-hetero) is 1. The van der Waals surface area contributed by atoms with Crippen LogP contribution in [0.15, 0.2) is 33.5 Å². The maximum Gasteiger partial charge on any atom is 0.336 e. The SMILES string of the molecule is CC(=O)C(C)Oc1ccc2c(C)cc(=O)oc2c1. The van der Waals surface area contributed by atoms with E-state index in [4.69, 9.17) is 9.15 Å². The summed E-state index contributed by atoms with van der Waals surface area (Å²) in [5.74, 6) is 0.458. The topological polar surface area (TPSA) is 56.5 Å². The summed E-state index contributed by atoms with van der Waals surface area (Å²) in [5, 5.41) is 0.859. The summed E-state index contributed by atoms with van der Waals surface area (Å²) in [4.78, 5) is 22.4. The Morgan fingerprint density at radius 1 is 1.33 bits per heavy atom. The number of ketones is 1. The van der Waals surface area contributed by atoms with Crippen LogP contribution in [-0.4, -0.2) is 11.9 Å². The molecule has 1 heterocycles. The molecule has 0 spiro atoms. The largest absolute Gasteiger partial charge is 0.483 e. The first-order valence-electron chi connectivity index (χ1n) is 5.69. The van der Waals surface area contributed by atoms with E-state index in [0.29, 0.717) is 11.3 Å². The van der Waals surface area contributed by atoms with Gasteiger partial charge in [0.1, 0.15) is 11.3 Å². The van der Waals surface area contributed by atoms with Gasteiger partial charge in [-0.1, -0.05) is 0 Å². The van der Waals surface area contributed by atoms with Crippen LogP contribution in [0.2, 0.25) is 0 Å². The molecule has 1 atom stereocenters. The van der Waals surface area contributed by atoms with Crippen molar-refractivity contribution in [3.05, 3.63) is 40.2 Å². The van der Waals surface area contributed by atoms with E-state index in [9.17, 15) is 9.59 Å². The maximum absolute atomic E-state index is 11.3. The van der Waals surface area contributed by atoms with E-state index < -0.39 is 11.7 Å². The third-order valence-corrected chi connectivity index (χ3v) is 2.81. The molecule has 18 heavy (non-hydrogen) atoms. The molecule has 2 aromatic rings. The summed E-state index contributed by atoms with van der Waals surface area (Å²) in [7, 11) is 0. The normalized spacial score (nSPS) is 12.4. The predicted molar refractivity (Wildman–Crippen MR) is 68.0 cm³/mol. The fourth-order valence-corrected chi connectivity index (χ4v) is 1.67. The molecule has 0 N–H and O–H groups in total. The molecule has 94 valence electrons. The molecule has 0 radical (unpaired) electrons. The molecular weight excluding hydrogens is 232 g/mol. The molecule has 4 heteroatoms. The Labute approximate surface area is 104 Å². The highest BCUT2D eigenvalue weighted by Crippen LogP contribution is 2.22. The minimum atomic E-state index is -0.515. The number of hydrogen-bond donors (Lipinski definition) is 0. The zero-order valence-electron chi connectivity index (χ0n) is 10.5. The van der Waals surface area contributed by atoms with Crippen LogP contribution in [-0.2, 0) is 4.79 Å². The lowest BCUT2D eigenvalue weighted by molar-refractivity contribution is -0.122. The summed E-state index contributed by atoms with van der Waals surface area (Å²) in [6.07, 6.45) is -0.515. The van der Waals surface area contributed by atoms with Gasteiger partial charge in [-0.15, -0.1) is 0 Å². The van der Waals surface area contributed by atoms with Crippen LogP contribution in [0.4, 0.5) is 0 Å². The van der Waals surface area contributed by atoms with Crippen molar-refractivity contribution >= 4 is 16.8 Å². The lowest BCUT2D eigenvalue weighted by atomic mass is 10.1. The van der Waals surface area contributed by atoms with E-state index in [-0.39, 0.29) is 5.78 Å². The molecule has 0 saturated carbocycles. The molecule has 0 aliphatic heterocycles. The van der Waals surface area contributed by atoms with Crippen LogP contribution in [0.25, 0.3) is 11.0 Å². The number of aryl methyl sites for hydroxylation is 1. The molecule has 1 aromatic heterocycles. The first-order valence-corrected chi connectivity index (χ1v) is 5.69. The van der Waals surface area contributed by atoms with E-state index in [1.165, 1.54) is 13.0 Å². The smallest absolute Gasteiger partial charge is 0.336 e. The van der Waals surface area contributed by atoms with Gasteiger partial charge in [-0.2, -0.15) is 0 Å². The molecule has 1 unspecified atom stereocenters. The van der Waals surface area contributed by atoms with E-state index in [1.54, 1.807) is 19.1 Å². The van der Waals surface area contributed by atoms with Crippen LogP contribution < -0.4 is 10.4 Å².